The summed E-state index contributed by atoms with van der Waals surface area (Å²) >= 11 is 17.9. The lowest BCUT2D eigenvalue weighted by Crippen LogP contribution is -2.22. The van der Waals surface area contributed by atoms with Gasteiger partial charge in [-0.15, -0.1) is 0 Å². The summed E-state index contributed by atoms with van der Waals surface area (Å²) in [6.07, 6.45) is 0.641. The molecule has 1 N–H and O–H groups in total. The van der Waals surface area contributed by atoms with Gasteiger partial charge in [0.25, 0.3) is 0 Å². The van der Waals surface area contributed by atoms with Gasteiger partial charge in [0.2, 0.25) is 5.91 Å². The normalized spacial score (nSPS) is 20.5. The lowest BCUT2D eigenvalue weighted by Gasteiger charge is -2.08. The maximum atomic E-state index is 11.9. The molecule has 2 rings (SSSR count). The van der Waals surface area contributed by atoms with Gasteiger partial charge in [0, 0.05) is 12.0 Å². The molecule has 1 amide bonds. The number of benzene rings is 1. The fourth-order valence-corrected chi connectivity index (χ4v) is 4.89. The first-order chi connectivity index (χ1) is 10.7. The fraction of sp³-hybridized carbons (Fsp3) is 0.429. The summed E-state index contributed by atoms with van der Waals surface area (Å²) in [4.78, 5) is 11.9. The Morgan fingerprint density at radius 2 is 2.00 bits per heavy atom. The van der Waals surface area contributed by atoms with Gasteiger partial charge in [-0.05, 0) is 25.3 Å². The van der Waals surface area contributed by atoms with E-state index in [1.54, 1.807) is 19.1 Å². The molecule has 9 heteroatoms. The molecular weight excluding hydrogens is 383 g/mol. The van der Waals surface area contributed by atoms with Gasteiger partial charge >= 0.3 is 0 Å². The lowest BCUT2D eigenvalue weighted by molar-refractivity contribution is -0.121. The summed E-state index contributed by atoms with van der Waals surface area (Å²) < 4.78 is 22.7. The summed E-state index contributed by atoms with van der Waals surface area (Å²) in [6, 6.07) is 3.25. The van der Waals surface area contributed by atoms with Crippen LogP contribution in [0.1, 0.15) is 25.3 Å². The van der Waals surface area contributed by atoms with Crippen molar-refractivity contribution in [3.8, 4) is 0 Å². The molecule has 0 spiro atoms. The quantitative estimate of drug-likeness (QED) is 0.481. The highest BCUT2D eigenvalue weighted by molar-refractivity contribution is 7.91. The molecule has 0 saturated carbocycles. The van der Waals surface area contributed by atoms with Crippen LogP contribution in [0, 0.1) is 5.92 Å². The Balaban J connectivity index is 2.00. The first-order valence-electron chi connectivity index (χ1n) is 6.87. The van der Waals surface area contributed by atoms with Crippen molar-refractivity contribution in [1.29, 1.82) is 0 Å². The van der Waals surface area contributed by atoms with Gasteiger partial charge in [-0.2, -0.15) is 5.10 Å². The van der Waals surface area contributed by atoms with E-state index in [9.17, 15) is 13.2 Å². The molecule has 1 atom stereocenters. The van der Waals surface area contributed by atoms with Crippen molar-refractivity contribution in [3.05, 3.63) is 32.8 Å². The van der Waals surface area contributed by atoms with E-state index >= 15 is 0 Å². The predicted molar refractivity (Wildman–Crippen MR) is 93.2 cm³/mol. The molecule has 0 aliphatic carbocycles. The van der Waals surface area contributed by atoms with E-state index in [1.807, 2.05) is 0 Å². The van der Waals surface area contributed by atoms with E-state index in [0.717, 1.165) is 0 Å². The van der Waals surface area contributed by atoms with Crippen LogP contribution in [-0.2, 0) is 14.6 Å². The number of hydrazone groups is 1. The molecule has 0 bridgehead atoms. The highest BCUT2D eigenvalue weighted by Crippen LogP contribution is 2.32. The lowest BCUT2D eigenvalue weighted by atomic mass is 10.1. The molecule has 1 saturated heterocycles. The number of amides is 1. The van der Waals surface area contributed by atoms with Crippen molar-refractivity contribution in [2.75, 3.05) is 11.5 Å². The number of nitrogens with one attached hydrogen (secondary N) is 1. The first-order valence-corrected chi connectivity index (χ1v) is 9.82. The molecule has 126 valence electrons. The molecule has 1 heterocycles. The van der Waals surface area contributed by atoms with Crippen LogP contribution in [0.4, 0.5) is 0 Å². The van der Waals surface area contributed by atoms with Gasteiger partial charge in [0.1, 0.15) is 0 Å². The molecule has 0 aromatic heterocycles. The number of halogens is 3. The first kappa shape index (κ1) is 18.5. The van der Waals surface area contributed by atoms with Crippen LogP contribution in [0.25, 0.3) is 0 Å². The zero-order valence-electron chi connectivity index (χ0n) is 12.3. The van der Waals surface area contributed by atoms with Crippen LogP contribution in [0.3, 0.4) is 0 Å². The summed E-state index contributed by atoms with van der Waals surface area (Å²) in [6.45, 7) is 1.67. The molecule has 0 unspecified atom stereocenters. The van der Waals surface area contributed by atoms with E-state index in [4.69, 9.17) is 34.8 Å². The Morgan fingerprint density at radius 3 is 2.61 bits per heavy atom. The molecule has 23 heavy (non-hydrogen) atoms. The average molecular weight is 398 g/mol. The minimum Gasteiger partial charge on any atom is -0.273 e. The monoisotopic (exact) mass is 396 g/mol. The SMILES string of the molecule is C/C(=N/NC(=O)C[C@H]1CCS(=O)(=O)C1)c1ccc(Cl)c(Cl)c1Cl. The van der Waals surface area contributed by atoms with E-state index in [-0.39, 0.29) is 39.8 Å². The van der Waals surface area contributed by atoms with Gasteiger partial charge in [-0.3, -0.25) is 4.79 Å². The number of sulfone groups is 1. The highest BCUT2D eigenvalue weighted by Gasteiger charge is 2.29. The number of rotatable bonds is 4. The second-order valence-electron chi connectivity index (χ2n) is 5.43. The van der Waals surface area contributed by atoms with Crippen molar-refractivity contribution in [3.63, 3.8) is 0 Å². The van der Waals surface area contributed by atoms with Gasteiger partial charge in [-0.1, -0.05) is 40.9 Å². The zero-order chi connectivity index (χ0) is 17.2. The molecule has 5 nitrogen and oxygen atoms in total. The maximum Gasteiger partial charge on any atom is 0.240 e. The number of carbonyl (C=O) groups is 1. The minimum atomic E-state index is -2.99. The third kappa shape index (κ3) is 4.83. The molecule has 1 aromatic carbocycles. The number of hydrogen-bond acceptors (Lipinski definition) is 4. The average Bonchev–Trinajstić information content (AvgIpc) is 2.81. The topological polar surface area (TPSA) is 75.6 Å². The standard InChI is InChI=1S/C14H15Cl3N2O3S/c1-8(10-2-3-11(15)14(17)13(10)16)18-19-12(20)6-9-4-5-23(21,22)7-9/h2-3,9H,4-7H2,1H3,(H,19,20)/b18-8-/t9-/m1/s1. The van der Waals surface area contributed by atoms with Crippen LogP contribution in [-0.4, -0.2) is 31.5 Å². The van der Waals surface area contributed by atoms with Gasteiger partial charge < -0.3 is 0 Å². The predicted octanol–water partition coefficient (Wildman–Crippen LogP) is 3.31. The Labute approximate surface area is 149 Å². The number of hydrogen-bond donors (Lipinski definition) is 1. The van der Waals surface area contributed by atoms with Crippen molar-refractivity contribution in [2.24, 2.45) is 11.0 Å². The van der Waals surface area contributed by atoms with Crippen LogP contribution < -0.4 is 5.43 Å². The van der Waals surface area contributed by atoms with Crippen molar-refractivity contribution in [1.82, 2.24) is 5.43 Å². The Morgan fingerprint density at radius 1 is 1.30 bits per heavy atom. The van der Waals surface area contributed by atoms with E-state index in [2.05, 4.69) is 10.5 Å². The number of nitrogens with zero attached hydrogens (tertiary/aromatic N) is 1. The van der Waals surface area contributed by atoms with Crippen molar-refractivity contribution in [2.45, 2.75) is 19.8 Å². The summed E-state index contributed by atoms with van der Waals surface area (Å²) in [5.74, 6) is -0.278. The van der Waals surface area contributed by atoms with E-state index in [0.29, 0.717) is 22.7 Å². The van der Waals surface area contributed by atoms with Crippen molar-refractivity contribution < 1.29 is 13.2 Å². The van der Waals surface area contributed by atoms with Crippen LogP contribution in [0.5, 0.6) is 0 Å². The Hall–Kier alpha value is -0.820. The Kier molecular flexibility index (Phi) is 5.94. The fourth-order valence-electron chi connectivity index (χ4n) is 2.35. The van der Waals surface area contributed by atoms with Gasteiger partial charge in [0.15, 0.2) is 9.84 Å². The maximum absolute atomic E-state index is 11.9. The highest BCUT2D eigenvalue weighted by atomic mass is 35.5. The summed E-state index contributed by atoms with van der Waals surface area (Å²) in [5, 5.41) is 4.80. The van der Waals surface area contributed by atoms with Crippen LogP contribution in [0.15, 0.2) is 17.2 Å². The number of carbonyl (C=O) groups excluding carboxylic acids is 1. The van der Waals surface area contributed by atoms with Gasteiger partial charge in [0.05, 0.1) is 32.3 Å². The Bertz CT molecular complexity index is 763. The zero-order valence-corrected chi connectivity index (χ0v) is 15.4. The van der Waals surface area contributed by atoms with Crippen molar-refractivity contribution >= 4 is 56.3 Å². The molecule has 1 aliphatic rings. The third-order valence-electron chi connectivity index (χ3n) is 3.57. The molecule has 0 radical (unpaired) electrons. The second kappa shape index (κ2) is 7.38. The summed E-state index contributed by atoms with van der Waals surface area (Å²) in [7, 11) is -2.99. The van der Waals surface area contributed by atoms with Gasteiger partial charge in [-0.25, -0.2) is 13.8 Å². The molecule has 1 aliphatic heterocycles. The van der Waals surface area contributed by atoms with Crippen LogP contribution in [0.2, 0.25) is 15.1 Å². The summed E-state index contributed by atoms with van der Waals surface area (Å²) in [5.41, 5.74) is 3.45. The third-order valence-corrected chi connectivity index (χ3v) is 6.70. The smallest absolute Gasteiger partial charge is 0.240 e. The second-order valence-corrected chi connectivity index (χ2v) is 8.82. The molecular formula is C14H15Cl3N2O3S. The molecule has 1 aromatic rings. The molecule has 1 fully saturated rings. The van der Waals surface area contributed by atoms with E-state index in [1.165, 1.54) is 0 Å². The van der Waals surface area contributed by atoms with Crippen LogP contribution >= 0.6 is 34.8 Å². The largest absolute Gasteiger partial charge is 0.273 e. The minimum absolute atomic E-state index is 0.0573. The van der Waals surface area contributed by atoms with E-state index < -0.39 is 9.84 Å².